The van der Waals surface area contributed by atoms with E-state index in [2.05, 4.69) is 17.3 Å². The number of nitrogens with zero attached hydrogens (tertiary/aromatic N) is 2. The summed E-state index contributed by atoms with van der Waals surface area (Å²) in [6.07, 6.45) is 4.49. The minimum Gasteiger partial charge on any atom is -0.349 e. The largest absolute Gasteiger partial charge is 0.349 e. The van der Waals surface area contributed by atoms with E-state index in [4.69, 9.17) is 0 Å². The highest BCUT2D eigenvalue weighted by Gasteiger charge is 2.28. The second-order valence-corrected chi connectivity index (χ2v) is 6.01. The first kappa shape index (κ1) is 15.7. The summed E-state index contributed by atoms with van der Waals surface area (Å²) in [4.78, 5) is 12.6. The van der Waals surface area contributed by atoms with Crippen LogP contribution >= 0.6 is 0 Å². The smallest absolute Gasteiger partial charge is 0.255 e. The first-order valence-electron chi connectivity index (χ1n) is 8.31. The molecule has 0 radical (unpaired) electrons. The maximum absolute atomic E-state index is 13.2. The van der Waals surface area contributed by atoms with Crippen molar-refractivity contribution in [3.63, 3.8) is 0 Å². The molecule has 1 aliphatic carbocycles. The number of nitrogens with one attached hydrogen (secondary N) is 1. The summed E-state index contributed by atoms with van der Waals surface area (Å²) in [6.45, 7) is 4.09. The molecule has 0 aliphatic heterocycles. The Kier molecular flexibility index (Phi) is 4.46. The van der Waals surface area contributed by atoms with Gasteiger partial charge in [0.25, 0.3) is 5.91 Å². The monoisotopic (exact) mass is 315 g/mol. The van der Waals surface area contributed by atoms with Crippen LogP contribution in [0.1, 0.15) is 54.9 Å². The van der Waals surface area contributed by atoms with E-state index in [0.717, 1.165) is 42.8 Å². The quantitative estimate of drug-likeness (QED) is 0.888. The van der Waals surface area contributed by atoms with Gasteiger partial charge in [0, 0.05) is 6.04 Å². The number of aryl methyl sites for hydroxylation is 1. The molecule has 4 nitrogen and oxygen atoms in total. The lowest BCUT2D eigenvalue weighted by molar-refractivity contribution is 0.0949. The minimum atomic E-state index is -0.278. The van der Waals surface area contributed by atoms with Gasteiger partial charge in [-0.1, -0.05) is 20.3 Å². The van der Waals surface area contributed by atoms with Crippen molar-refractivity contribution in [1.82, 2.24) is 15.1 Å². The highest BCUT2D eigenvalue weighted by molar-refractivity contribution is 5.97. The van der Waals surface area contributed by atoms with Crippen molar-refractivity contribution >= 4 is 5.91 Å². The standard InChI is InChI=1S/C18H22FN3O/c1-3-5-15-17(18(23)20-13-8-9-13)16(4-2)22(21-15)14-10-6-12(19)7-11-14/h6-7,10-11,13H,3-5,8-9H2,1-2H3,(H,20,23). The van der Waals surface area contributed by atoms with Gasteiger partial charge in [-0.05, 0) is 49.9 Å². The molecule has 0 bridgehead atoms. The summed E-state index contributed by atoms with van der Waals surface area (Å²) in [6, 6.07) is 6.54. The highest BCUT2D eigenvalue weighted by Crippen LogP contribution is 2.24. The lowest BCUT2D eigenvalue weighted by Gasteiger charge is -2.08. The number of aromatic nitrogens is 2. The van der Waals surface area contributed by atoms with E-state index in [1.165, 1.54) is 12.1 Å². The molecule has 1 fully saturated rings. The molecule has 0 unspecified atom stereocenters. The third-order valence-corrected chi connectivity index (χ3v) is 4.09. The van der Waals surface area contributed by atoms with Gasteiger partial charge in [0.05, 0.1) is 22.6 Å². The number of benzene rings is 1. The van der Waals surface area contributed by atoms with Gasteiger partial charge in [-0.3, -0.25) is 4.79 Å². The molecule has 1 aromatic heterocycles. The van der Waals surface area contributed by atoms with Gasteiger partial charge in [0.1, 0.15) is 5.82 Å². The molecule has 23 heavy (non-hydrogen) atoms. The van der Waals surface area contributed by atoms with E-state index in [-0.39, 0.29) is 11.7 Å². The zero-order valence-electron chi connectivity index (χ0n) is 13.6. The van der Waals surface area contributed by atoms with E-state index in [0.29, 0.717) is 18.0 Å². The van der Waals surface area contributed by atoms with Crippen LogP contribution in [0.25, 0.3) is 5.69 Å². The molecular formula is C18H22FN3O. The van der Waals surface area contributed by atoms with E-state index < -0.39 is 0 Å². The number of carbonyl (C=O) groups is 1. The normalized spacial score (nSPS) is 14.0. The molecule has 1 saturated carbocycles. The third kappa shape index (κ3) is 3.28. The Hall–Kier alpha value is -2.17. The number of rotatable bonds is 6. The molecule has 1 N–H and O–H groups in total. The minimum absolute atomic E-state index is 0.0267. The van der Waals surface area contributed by atoms with Crippen LogP contribution in [0.5, 0.6) is 0 Å². The SMILES string of the molecule is CCCc1nn(-c2ccc(F)cc2)c(CC)c1C(=O)NC1CC1. The molecule has 0 atom stereocenters. The molecular weight excluding hydrogens is 293 g/mol. The first-order valence-corrected chi connectivity index (χ1v) is 8.31. The predicted molar refractivity (Wildman–Crippen MR) is 87.4 cm³/mol. The Labute approximate surface area is 135 Å². The fraction of sp³-hybridized carbons (Fsp3) is 0.444. The van der Waals surface area contributed by atoms with Crippen LogP contribution in [-0.4, -0.2) is 21.7 Å². The lowest BCUT2D eigenvalue weighted by atomic mass is 10.1. The number of amides is 1. The van der Waals surface area contributed by atoms with Crippen LogP contribution in [0.4, 0.5) is 4.39 Å². The van der Waals surface area contributed by atoms with Gasteiger partial charge in [-0.25, -0.2) is 9.07 Å². The van der Waals surface area contributed by atoms with Crippen molar-refractivity contribution in [3.05, 3.63) is 47.0 Å². The molecule has 3 rings (SSSR count). The summed E-state index contributed by atoms with van der Waals surface area (Å²) in [7, 11) is 0. The van der Waals surface area contributed by atoms with Crippen LogP contribution in [0.15, 0.2) is 24.3 Å². The summed E-state index contributed by atoms with van der Waals surface area (Å²) < 4.78 is 15.0. The van der Waals surface area contributed by atoms with Crippen LogP contribution in [-0.2, 0) is 12.8 Å². The van der Waals surface area contributed by atoms with Gasteiger partial charge in [0.15, 0.2) is 0 Å². The van der Waals surface area contributed by atoms with Crippen molar-refractivity contribution in [2.45, 2.75) is 52.0 Å². The molecule has 0 saturated heterocycles. The maximum atomic E-state index is 13.2. The van der Waals surface area contributed by atoms with Crippen molar-refractivity contribution < 1.29 is 9.18 Å². The van der Waals surface area contributed by atoms with Gasteiger partial charge in [-0.15, -0.1) is 0 Å². The fourth-order valence-corrected chi connectivity index (χ4v) is 2.79. The molecule has 2 aromatic rings. The number of halogens is 1. The molecule has 122 valence electrons. The van der Waals surface area contributed by atoms with Crippen LogP contribution in [0.3, 0.4) is 0 Å². The number of hydrogen-bond acceptors (Lipinski definition) is 2. The summed E-state index contributed by atoms with van der Waals surface area (Å²) in [5.41, 5.74) is 3.20. The average molecular weight is 315 g/mol. The van der Waals surface area contributed by atoms with E-state index in [1.54, 1.807) is 16.8 Å². The van der Waals surface area contributed by atoms with Crippen molar-refractivity contribution in [1.29, 1.82) is 0 Å². The van der Waals surface area contributed by atoms with Crippen LogP contribution in [0, 0.1) is 5.82 Å². The Balaban J connectivity index is 2.05. The first-order chi connectivity index (χ1) is 11.1. The van der Waals surface area contributed by atoms with E-state index >= 15 is 0 Å². The molecule has 1 amide bonds. The second kappa shape index (κ2) is 6.52. The zero-order chi connectivity index (χ0) is 16.4. The van der Waals surface area contributed by atoms with E-state index in [9.17, 15) is 9.18 Å². The fourth-order valence-electron chi connectivity index (χ4n) is 2.79. The average Bonchev–Trinajstić information content (AvgIpc) is 3.27. The summed E-state index contributed by atoms with van der Waals surface area (Å²) >= 11 is 0. The van der Waals surface area contributed by atoms with Crippen molar-refractivity contribution in [2.75, 3.05) is 0 Å². The van der Waals surface area contributed by atoms with Crippen molar-refractivity contribution in [2.24, 2.45) is 0 Å². The predicted octanol–water partition coefficient (Wildman–Crippen LogP) is 3.42. The van der Waals surface area contributed by atoms with Crippen molar-refractivity contribution in [3.8, 4) is 5.69 Å². The van der Waals surface area contributed by atoms with Gasteiger partial charge >= 0.3 is 0 Å². The second-order valence-electron chi connectivity index (χ2n) is 6.01. The van der Waals surface area contributed by atoms with Crippen LogP contribution < -0.4 is 5.32 Å². The van der Waals surface area contributed by atoms with Gasteiger partial charge in [-0.2, -0.15) is 5.10 Å². The van der Waals surface area contributed by atoms with E-state index in [1.807, 2.05) is 6.92 Å². The lowest BCUT2D eigenvalue weighted by Crippen LogP contribution is -2.27. The molecule has 0 spiro atoms. The molecule has 5 heteroatoms. The summed E-state index contributed by atoms with van der Waals surface area (Å²) in [5, 5.41) is 7.72. The van der Waals surface area contributed by atoms with Gasteiger partial charge < -0.3 is 5.32 Å². The number of hydrogen-bond donors (Lipinski definition) is 1. The maximum Gasteiger partial charge on any atom is 0.255 e. The topological polar surface area (TPSA) is 46.9 Å². The highest BCUT2D eigenvalue weighted by atomic mass is 19.1. The van der Waals surface area contributed by atoms with Crippen LogP contribution in [0.2, 0.25) is 0 Å². The molecule has 1 aliphatic rings. The Morgan fingerprint density at radius 2 is 2.00 bits per heavy atom. The Bertz CT molecular complexity index is 702. The van der Waals surface area contributed by atoms with Gasteiger partial charge in [0.2, 0.25) is 0 Å². The Morgan fingerprint density at radius 3 is 2.57 bits per heavy atom. The molecule has 1 aromatic carbocycles. The molecule has 1 heterocycles. The Morgan fingerprint density at radius 1 is 1.30 bits per heavy atom. The number of carbonyl (C=O) groups excluding carboxylic acids is 1. The third-order valence-electron chi connectivity index (χ3n) is 4.09. The zero-order valence-corrected chi connectivity index (χ0v) is 13.6. The summed E-state index contributed by atoms with van der Waals surface area (Å²) in [5.74, 6) is -0.305.